The van der Waals surface area contributed by atoms with E-state index in [1.54, 1.807) is 30.2 Å². The molecule has 0 saturated carbocycles. The molecule has 1 fully saturated rings. The van der Waals surface area contributed by atoms with Crippen molar-refractivity contribution in [3.8, 4) is 5.75 Å². The molecule has 1 unspecified atom stereocenters. The summed E-state index contributed by atoms with van der Waals surface area (Å²) < 4.78 is 5.10. The SMILES string of the molecule is COc1cccc(N2CC(Cl)CC2=O)c1Cl. The van der Waals surface area contributed by atoms with Crippen LogP contribution in [0.3, 0.4) is 0 Å². The lowest BCUT2D eigenvalue weighted by molar-refractivity contribution is -0.117. The highest BCUT2D eigenvalue weighted by Gasteiger charge is 2.30. The lowest BCUT2D eigenvalue weighted by Gasteiger charge is -2.18. The number of carbonyl (C=O) groups excluding carboxylic acids is 1. The standard InChI is InChI=1S/C11H11Cl2NO2/c1-16-9-4-2-3-8(11(9)13)14-6-7(12)5-10(14)15/h2-4,7H,5-6H2,1H3. The molecular weight excluding hydrogens is 249 g/mol. The first-order chi connectivity index (χ1) is 7.63. The van der Waals surface area contributed by atoms with Crippen molar-refractivity contribution in [3.05, 3.63) is 23.2 Å². The van der Waals surface area contributed by atoms with Crippen molar-refractivity contribution in [2.45, 2.75) is 11.8 Å². The molecule has 0 radical (unpaired) electrons. The van der Waals surface area contributed by atoms with Crippen LogP contribution in [0.4, 0.5) is 5.69 Å². The van der Waals surface area contributed by atoms with Crippen molar-refractivity contribution in [1.29, 1.82) is 0 Å². The van der Waals surface area contributed by atoms with Crippen LogP contribution in [-0.4, -0.2) is 24.9 Å². The second-order valence-corrected chi connectivity index (χ2v) is 4.59. The Kier molecular flexibility index (Phi) is 3.26. The van der Waals surface area contributed by atoms with E-state index in [0.29, 0.717) is 29.4 Å². The lowest BCUT2D eigenvalue weighted by Crippen LogP contribution is -2.24. The summed E-state index contributed by atoms with van der Waals surface area (Å²) in [6.07, 6.45) is 0.356. The van der Waals surface area contributed by atoms with Crippen molar-refractivity contribution in [3.63, 3.8) is 0 Å². The van der Waals surface area contributed by atoms with E-state index in [0.717, 1.165) is 0 Å². The van der Waals surface area contributed by atoms with Crippen LogP contribution >= 0.6 is 23.2 Å². The maximum absolute atomic E-state index is 11.7. The van der Waals surface area contributed by atoms with Gasteiger partial charge in [-0.2, -0.15) is 0 Å². The summed E-state index contributed by atoms with van der Waals surface area (Å²) in [4.78, 5) is 13.3. The van der Waals surface area contributed by atoms with Crippen molar-refractivity contribution >= 4 is 34.8 Å². The van der Waals surface area contributed by atoms with Gasteiger partial charge in [0.15, 0.2) is 0 Å². The van der Waals surface area contributed by atoms with E-state index in [4.69, 9.17) is 27.9 Å². The lowest BCUT2D eigenvalue weighted by atomic mass is 10.2. The number of carbonyl (C=O) groups is 1. The van der Waals surface area contributed by atoms with Crippen molar-refractivity contribution in [2.75, 3.05) is 18.6 Å². The van der Waals surface area contributed by atoms with E-state index < -0.39 is 0 Å². The molecule has 2 rings (SSSR count). The van der Waals surface area contributed by atoms with Gasteiger partial charge in [0.25, 0.3) is 0 Å². The maximum atomic E-state index is 11.7. The van der Waals surface area contributed by atoms with E-state index in [1.165, 1.54) is 0 Å². The van der Waals surface area contributed by atoms with Gasteiger partial charge in [0, 0.05) is 13.0 Å². The third-order valence-corrected chi connectivity index (χ3v) is 3.20. The summed E-state index contributed by atoms with van der Waals surface area (Å²) in [5.41, 5.74) is 0.661. The zero-order valence-corrected chi connectivity index (χ0v) is 10.3. The monoisotopic (exact) mass is 259 g/mol. The fraction of sp³-hybridized carbons (Fsp3) is 0.364. The van der Waals surface area contributed by atoms with Gasteiger partial charge in [0.1, 0.15) is 10.8 Å². The second-order valence-electron chi connectivity index (χ2n) is 3.60. The van der Waals surface area contributed by atoms with Crippen LogP contribution < -0.4 is 9.64 Å². The topological polar surface area (TPSA) is 29.5 Å². The number of alkyl halides is 1. The number of amides is 1. The van der Waals surface area contributed by atoms with E-state index >= 15 is 0 Å². The van der Waals surface area contributed by atoms with Crippen LogP contribution in [0.5, 0.6) is 5.75 Å². The molecule has 1 aliphatic rings. The Balaban J connectivity index is 2.37. The number of hydrogen-bond donors (Lipinski definition) is 0. The smallest absolute Gasteiger partial charge is 0.228 e. The molecule has 1 aromatic carbocycles. The molecule has 86 valence electrons. The summed E-state index contributed by atoms with van der Waals surface area (Å²) in [5, 5.41) is 0.305. The van der Waals surface area contributed by atoms with E-state index in [-0.39, 0.29) is 11.3 Å². The fourth-order valence-electron chi connectivity index (χ4n) is 1.76. The summed E-state index contributed by atoms with van der Waals surface area (Å²) in [5.74, 6) is 0.556. The van der Waals surface area contributed by atoms with Gasteiger partial charge in [-0.25, -0.2) is 0 Å². The molecule has 5 heteroatoms. The van der Waals surface area contributed by atoms with Gasteiger partial charge in [-0.1, -0.05) is 17.7 Å². The molecule has 3 nitrogen and oxygen atoms in total. The molecule has 1 aliphatic heterocycles. The van der Waals surface area contributed by atoms with Gasteiger partial charge >= 0.3 is 0 Å². The summed E-state index contributed by atoms with van der Waals surface area (Å²) in [6.45, 7) is 0.493. The molecule has 1 amide bonds. The molecular formula is C11H11Cl2NO2. The van der Waals surface area contributed by atoms with E-state index in [9.17, 15) is 4.79 Å². The predicted octanol–water partition coefficient (Wildman–Crippen LogP) is 2.69. The van der Waals surface area contributed by atoms with E-state index in [1.807, 2.05) is 0 Å². The molecule has 16 heavy (non-hydrogen) atoms. The predicted molar refractivity (Wildman–Crippen MR) is 64.6 cm³/mol. The van der Waals surface area contributed by atoms with Gasteiger partial charge in [0.05, 0.1) is 18.2 Å². The summed E-state index contributed by atoms with van der Waals surface area (Å²) in [7, 11) is 1.54. The number of benzene rings is 1. The average Bonchev–Trinajstić information content (AvgIpc) is 2.58. The van der Waals surface area contributed by atoms with E-state index in [2.05, 4.69) is 0 Å². The molecule has 0 bridgehead atoms. The molecule has 1 aromatic rings. The molecule has 0 N–H and O–H groups in total. The Morgan fingerprint density at radius 3 is 2.81 bits per heavy atom. The maximum Gasteiger partial charge on any atom is 0.228 e. The Bertz CT molecular complexity index is 422. The number of anilines is 1. The zero-order chi connectivity index (χ0) is 11.7. The fourth-order valence-corrected chi connectivity index (χ4v) is 2.34. The van der Waals surface area contributed by atoms with Crippen LogP contribution in [0.1, 0.15) is 6.42 Å². The average molecular weight is 260 g/mol. The quantitative estimate of drug-likeness (QED) is 0.765. The molecule has 0 aliphatic carbocycles. The molecule has 1 atom stereocenters. The van der Waals surface area contributed by atoms with Crippen molar-refractivity contribution in [2.24, 2.45) is 0 Å². The second kappa shape index (κ2) is 4.52. The molecule has 0 spiro atoms. The minimum atomic E-state index is -0.144. The largest absolute Gasteiger partial charge is 0.495 e. The first kappa shape index (κ1) is 11.6. The highest BCUT2D eigenvalue weighted by atomic mass is 35.5. The van der Waals surface area contributed by atoms with Crippen LogP contribution in [-0.2, 0) is 4.79 Å². The summed E-state index contributed by atoms with van der Waals surface area (Å²) in [6, 6.07) is 5.34. The van der Waals surface area contributed by atoms with Crippen LogP contribution in [0.25, 0.3) is 0 Å². The highest BCUT2D eigenvalue weighted by molar-refractivity contribution is 6.35. The van der Waals surface area contributed by atoms with Gasteiger partial charge in [-0.15, -0.1) is 11.6 Å². The Morgan fingerprint density at radius 1 is 1.50 bits per heavy atom. The van der Waals surface area contributed by atoms with Crippen LogP contribution in [0, 0.1) is 0 Å². The number of rotatable bonds is 2. The van der Waals surface area contributed by atoms with Gasteiger partial charge in [-0.05, 0) is 12.1 Å². The summed E-state index contributed by atoms with van der Waals surface area (Å²) >= 11 is 12.1. The van der Waals surface area contributed by atoms with Gasteiger partial charge in [-0.3, -0.25) is 4.79 Å². The minimum Gasteiger partial charge on any atom is -0.495 e. The van der Waals surface area contributed by atoms with Crippen LogP contribution in [0.15, 0.2) is 18.2 Å². The van der Waals surface area contributed by atoms with Crippen molar-refractivity contribution < 1.29 is 9.53 Å². The Morgan fingerprint density at radius 2 is 2.25 bits per heavy atom. The first-order valence-corrected chi connectivity index (χ1v) is 5.72. The molecule has 1 saturated heterocycles. The number of nitrogens with zero attached hydrogens (tertiary/aromatic N) is 1. The minimum absolute atomic E-state index is 0.00449. The zero-order valence-electron chi connectivity index (χ0n) is 8.74. The number of hydrogen-bond acceptors (Lipinski definition) is 2. The number of methoxy groups -OCH3 is 1. The van der Waals surface area contributed by atoms with Gasteiger partial charge in [0.2, 0.25) is 5.91 Å². The Labute approximate surface area is 104 Å². The van der Waals surface area contributed by atoms with Crippen LogP contribution in [0.2, 0.25) is 5.02 Å². The Hall–Kier alpha value is -0.930. The first-order valence-electron chi connectivity index (χ1n) is 4.90. The number of halogens is 2. The van der Waals surface area contributed by atoms with Crippen molar-refractivity contribution in [1.82, 2.24) is 0 Å². The molecule has 0 aromatic heterocycles. The van der Waals surface area contributed by atoms with Gasteiger partial charge < -0.3 is 9.64 Å². The normalized spacial score (nSPS) is 20.3. The number of ether oxygens (including phenoxy) is 1. The highest BCUT2D eigenvalue weighted by Crippen LogP contribution is 2.36. The molecule has 1 heterocycles. The third kappa shape index (κ3) is 1.97. The third-order valence-electron chi connectivity index (χ3n) is 2.53.